The molecule has 0 aliphatic heterocycles. The van der Waals surface area contributed by atoms with Crippen molar-refractivity contribution in [1.29, 1.82) is 0 Å². The van der Waals surface area contributed by atoms with Crippen LogP contribution in [0, 0.1) is 11.6 Å². The number of nitrogens with zero attached hydrogens (tertiary/aromatic N) is 1. The van der Waals surface area contributed by atoms with Crippen LogP contribution in [0.4, 0.5) is 8.78 Å². The van der Waals surface area contributed by atoms with Gasteiger partial charge in [0.25, 0.3) is 0 Å². The van der Waals surface area contributed by atoms with Gasteiger partial charge in [0.15, 0.2) is 0 Å². The van der Waals surface area contributed by atoms with E-state index in [4.69, 9.17) is 0 Å². The molecule has 0 fully saturated rings. The third kappa shape index (κ3) is 4.79. The Hall–Kier alpha value is -1.00. The maximum absolute atomic E-state index is 13.5. The molecule has 4 heteroatoms. The van der Waals surface area contributed by atoms with E-state index in [9.17, 15) is 8.78 Å². The second-order valence-corrected chi connectivity index (χ2v) is 4.52. The highest BCUT2D eigenvalue weighted by Crippen LogP contribution is 2.13. The van der Waals surface area contributed by atoms with Gasteiger partial charge in [-0.05, 0) is 64.3 Å². The molecule has 1 unspecified atom stereocenters. The van der Waals surface area contributed by atoms with E-state index in [2.05, 4.69) is 10.2 Å². The fourth-order valence-electron chi connectivity index (χ4n) is 1.73. The first kappa shape index (κ1) is 14.1. The lowest BCUT2D eigenvalue weighted by Gasteiger charge is -2.19. The van der Waals surface area contributed by atoms with Gasteiger partial charge in [0.1, 0.15) is 11.6 Å². The molecule has 1 N–H and O–H groups in total. The molecule has 0 saturated carbocycles. The fourth-order valence-corrected chi connectivity index (χ4v) is 1.73. The van der Waals surface area contributed by atoms with Crippen molar-refractivity contribution in [1.82, 2.24) is 10.2 Å². The Kier molecular flexibility index (Phi) is 5.51. The molecular weight excluding hydrogens is 222 g/mol. The molecule has 0 aliphatic carbocycles. The third-order valence-corrected chi connectivity index (χ3v) is 2.81. The van der Waals surface area contributed by atoms with Gasteiger partial charge in [0, 0.05) is 6.04 Å². The molecule has 0 bridgehead atoms. The minimum absolute atomic E-state index is 0.161. The number of benzene rings is 1. The molecule has 0 aromatic heterocycles. The van der Waals surface area contributed by atoms with Gasteiger partial charge in [-0.3, -0.25) is 0 Å². The van der Waals surface area contributed by atoms with Crippen LogP contribution in [0.3, 0.4) is 0 Å². The molecule has 1 aromatic carbocycles. The van der Waals surface area contributed by atoms with E-state index in [0.29, 0.717) is 12.0 Å². The molecule has 0 saturated heterocycles. The summed E-state index contributed by atoms with van der Waals surface area (Å²) in [7, 11) is 5.84. The molecule has 17 heavy (non-hydrogen) atoms. The zero-order valence-electron chi connectivity index (χ0n) is 10.6. The number of likely N-dealkylation sites (N-methyl/N-ethyl adjacent to an activating group) is 1. The summed E-state index contributed by atoms with van der Waals surface area (Å²) in [5, 5.41) is 3.14. The summed E-state index contributed by atoms with van der Waals surface area (Å²) < 4.78 is 26.5. The molecule has 0 radical (unpaired) electrons. The van der Waals surface area contributed by atoms with Crippen LogP contribution in [0.15, 0.2) is 18.2 Å². The Balaban J connectivity index is 2.63. The predicted molar refractivity (Wildman–Crippen MR) is 66.1 cm³/mol. The van der Waals surface area contributed by atoms with Crippen molar-refractivity contribution in [3.05, 3.63) is 35.4 Å². The molecule has 0 aliphatic rings. The Bertz CT molecular complexity index is 353. The quantitative estimate of drug-likeness (QED) is 0.821. The fraction of sp³-hybridized carbons (Fsp3) is 0.538. The zero-order chi connectivity index (χ0) is 12.8. The smallest absolute Gasteiger partial charge is 0.126 e. The van der Waals surface area contributed by atoms with E-state index in [1.807, 2.05) is 21.1 Å². The number of hydrogen-bond acceptors (Lipinski definition) is 2. The highest BCUT2D eigenvalue weighted by molar-refractivity contribution is 5.19. The number of hydrogen-bond donors (Lipinski definition) is 1. The van der Waals surface area contributed by atoms with Gasteiger partial charge in [-0.15, -0.1) is 0 Å². The van der Waals surface area contributed by atoms with E-state index in [-0.39, 0.29) is 17.7 Å². The molecule has 96 valence electrons. The van der Waals surface area contributed by atoms with Crippen LogP contribution in [0.5, 0.6) is 0 Å². The van der Waals surface area contributed by atoms with Gasteiger partial charge >= 0.3 is 0 Å². The minimum Gasteiger partial charge on any atom is -0.317 e. The van der Waals surface area contributed by atoms with Gasteiger partial charge in [-0.2, -0.15) is 0 Å². The molecule has 0 heterocycles. The lowest BCUT2D eigenvalue weighted by molar-refractivity contribution is 0.362. The van der Waals surface area contributed by atoms with E-state index >= 15 is 0 Å². The maximum atomic E-state index is 13.5. The number of nitrogens with one attached hydrogen (secondary N) is 1. The highest BCUT2D eigenvalue weighted by atomic mass is 19.1. The summed E-state index contributed by atoms with van der Waals surface area (Å²) in [6.45, 7) is 0.919. The van der Waals surface area contributed by atoms with Crippen LogP contribution in [-0.4, -0.2) is 38.6 Å². The van der Waals surface area contributed by atoms with Crippen LogP contribution < -0.4 is 5.32 Å². The first-order chi connectivity index (χ1) is 8.02. The van der Waals surface area contributed by atoms with Gasteiger partial charge in [0.2, 0.25) is 0 Å². The summed E-state index contributed by atoms with van der Waals surface area (Å²) in [4.78, 5) is 2.08. The van der Waals surface area contributed by atoms with Crippen LogP contribution >= 0.6 is 0 Å². The van der Waals surface area contributed by atoms with E-state index < -0.39 is 0 Å². The molecular formula is C13H20F2N2. The monoisotopic (exact) mass is 242 g/mol. The first-order valence-corrected chi connectivity index (χ1v) is 5.79. The normalized spacial score (nSPS) is 13.1. The molecule has 0 spiro atoms. The Morgan fingerprint density at radius 1 is 1.29 bits per heavy atom. The Morgan fingerprint density at radius 2 is 2.00 bits per heavy atom. The van der Waals surface area contributed by atoms with Gasteiger partial charge < -0.3 is 10.2 Å². The molecule has 1 rings (SSSR count). The lowest BCUT2D eigenvalue weighted by atomic mass is 10.0. The maximum Gasteiger partial charge on any atom is 0.126 e. The molecule has 1 atom stereocenters. The third-order valence-electron chi connectivity index (χ3n) is 2.81. The predicted octanol–water partition coefficient (Wildman–Crippen LogP) is 2.05. The van der Waals surface area contributed by atoms with E-state index in [1.165, 1.54) is 12.1 Å². The average molecular weight is 242 g/mol. The number of halogens is 2. The zero-order valence-corrected chi connectivity index (χ0v) is 10.6. The summed E-state index contributed by atoms with van der Waals surface area (Å²) in [5.41, 5.74) is 0.433. The van der Waals surface area contributed by atoms with Crippen molar-refractivity contribution in [3.8, 4) is 0 Å². The summed E-state index contributed by atoms with van der Waals surface area (Å²) in [6, 6.07) is 3.76. The van der Waals surface area contributed by atoms with Crippen molar-refractivity contribution in [2.75, 3.05) is 27.7 Å². The second kappa shape index (κ2) is 6.67. The van der Waals surface area contributed by atoms with Crippen molar-refractivity contribution in [2.45, 2.75) is 18.9 Å². The van der Waals surface area contributed by atoms with Crippen LogP contribution in [-0.2, 0) is 6.42 Å². The van der Waals surface area contributed by atoms with Crippen molar-refractivity contribution in [2.24, 2.45) is 0 Å². The van der Waals surface area contributed by atoms with Crippen molar-refractivity contribution in [3.63, 3.8) is 0 Å². The van der Waals surface area contributed by atoms with E-state index in [0.717, 1.165) is 19.0 Å². The second-order valence-electron chi connectivity index (χ2n) is 4.52. The summed E-state index contributed by atoms with van der Waals surface area (Å²) in [6.07, 6.45) is 1.41. The largest absolute Gasteiger partial charge is 0.317 e. The summed E-state index contributed by atoms with van der Waals surface area (Å²) in [5.74, 6) is -0.722. The standard InChI is InChI=1S/C13H20F2N2/c1-16-12(6-7-17(2)3)9-10-8-11(14)4-5-13(10)15/h4-5,8,12,16H,6-7,9H2,1-3H3. The van der Waals surface area contributed by atoms with E-state index in [1.54, 1.807) is 0 Å². The van der Waals surface area contributed by atoms with Gasteiger partial charge in [-0.1, -0.05) is 0 Å². The molecule has 0 amide bonds. The van der Waals surface area contributed by atoms with Crippen molar-refractivity contribution < 1.29 is 8.78 Å². The molecule has 1 aromatic rings. The summed E-state index contributed by atoms with van der Waals surface area (Å²) >= 11 is 0. The first-order valence-electron chi connectivity index (χ1n) is 5.79. The topological polar surface area (TPSA) is 15.3 Å². The van der Waals surface area contributed by atoms with Gasteiger partial charge in [-0.25, -0.2) is 8.78 Å². The van der Waals surface area contributed by atoms with Crippen LogP contribution in [0.1, 0.15) is 12.0 Å². The van der Waals surface area contributed by atoms with Crippen LogP contribution in [0.25, 0.3) is 0 Å². The lowest BCUT2D eigenvalue weighted by Crippen LogP contribution is -2.31. The SMILES string of the molecule is CNC(CCN(C)C)Cc1cc(F)ccc1F. The van der Waals surface area contributed by atoms with Gasteiger partial charge in [0.05, 0.1) is 0 Å². The van der Waals surface area contributed by atoms with Crippen molar-refractivity contribution >= 4 is 0 Å². The van der Waals surface area contributed by atoms with Crippen LogP contribution in [0.2, 0.25) is 0 Å². The Morgan fingerprint density at radius 3 is 2.59 bits per heavy atom. The highest BCUT2D eigenvalue weighted by Gasteiger charge is 2.11. The molecule has 2 nitrogen and oxygen atoms in total. The number of rotatable bonds is 6. The average Bonchev–Trinajstić information content (AvgIpc) is 2.28. The minimum atomic E-state index is -0.385. The Labute approximate surface area is 102 Å².